The van der Waals surface area contributed by atoms with Gasteiger partial charge < -0.3 is 48.6 Å². The Hall–Kier alpha value is -9.53. The molecule has 4 fully saturated rings. The van der Waals surface area contributed by atoms with Crippen molar-refractivity contribution in [2.24, 2.45) is 79.1 Å². The zero-order valence-electron chi connectivity index (χ0n) is 71.7. The molecule has 20 nitrogen and oxygen atoms in total. The van der Waals surface area contributed by atoms with Crippen molar-refractivity contribution in [1.82, 2.24) is 20.0 Å². The van der Waals surface area contributed by atoms with E-state index >= 15 is 0 Å². The number of amides is 4. The van der Waals surface area contributed by atoms with E-state index in [1.54, 1.807) is 14.0 Å². The molecular weight excluding hydrogens is 1470 g/mol. The van der Waals surface area contributed by atoms with Gasteiger partial charge in [-0.25, -0.2) is 14.4 Å². The van der Waals surface area contributed by atoms with Gasteiger partial charge in [0.2, 0.25) is 11.8 Å². The molecule has 13 atom stereocenters. The Labute approximate surface area is 691 Å². The van der Waals surface area contributed by atoms with Gasteiger partial charge in [0.1, 0.15) is 36.4 Å². The lowest BCUT2D eigenvalue weighted by atomic mass is 9.89. The predicted molar refractivity (Wildman–Crippen MR) is 465 cm³/mol. The Balaban J connectivity index is 0.000000169. The fourth-order valence-corrected chi connectivity index (χ4v) is 19.3. The first-order chi connectivity index (χ1) is 56.2. The Morgan fingerprint density at radius 2 is 1.03 bits per heavy atom. The van der Waals surface area contributed by atoms with Crippen LogP contribution in [0, 0.1) is 59.2 Å². The minimum atomic E-state index is -1.04. The van der Waals surface area contributed by atoms with Gasteiger partial charge in [-0.2, -0.15) is 0 Å². The summed E-state index contributed by atoms with van der Waals surface area (Å²) in [6.07, 6.45) is 16.5. The average Bonchev–Trinajstić information content (AvgIpc) is 1.72. The van der Waals surface area contributed by atoms with Gasteiger partial charge in [0.25, 0.3) is 0 Å². The molecule has 0 unspecified atom stereocenters. The Morgan fingerprint density at radius 3 is 1.53 bits per heavy atom. The number of likely N-dealkylation sites (tertiary alicyclic amines) is 3. The number of carboxylic acid groups (broad SMARTS) is 1. The van der Waals surface area contributed by atoms with E-state index in [1.807, 2.05) is 52.1 Å². The van der Waals surface area contributed by atoms with Crippen LogP contribution in [0.3, 0.4) is 0 Å². The third-order valence-corrected chi connectivity index (χ3v) is 27.2. The van der Waals surface area contributed by atoms with Crippen LogP contribution < -0.4 is 14.8 Å². The van der Waals surface area contributed by atoms with Crippen LogP contribution in [-0.4, -0.2) is 157 Å². The lowest BCUT2D eigenvalue weighted by molar-refractivity contribution is -0.141. The van der Waals surface area contributed by atoms with E-state index in [0.29, 0.717) is 61.7 Å². The number of aliphatic imine (C=N–C) groups is 4. The summed E-state index contributed by atoms with van der Waals surface area (Å²) < 4.78 is 34.1. The number of benzene rings is 6. The van der Waals surface area contributed by atoms with E-state index in [2.05, 4.69) is 160 Å². The van der Waals surface area contributed by atoms with Gasteiger partial charge in [-0.15, -0.1) is 0 Å². The van der Waals surface area contributed by atoms with E-state index in [9.17, 15) is 24.0 Å². The Kier molecular flexibility index (Phi) is 25.5. The first-order valence-electron chi connectivity index (χ1n) is 43.2. The highest BCUT2D eigenvalue weighted by molar-refractivity contribution is 6.09. The first-order valence-corrected chi connectivity index (χ1v) is 43.2. The molecule has 622 valence electrons. The molecule has 2 N–H and O–H groups in total. The van der Waals surface area contributed by atoms with Gasteiger partial charge in [0.05, 0.1) is 43.2 Å². The Bertz CT molecular complexity index is 5000. The molecule has 3 saturated heterocycles. The van der Waals surface area contributed by atoms with Gasteiger partial charge in [-0.1, -0.05) is 131 Å². The SMILES string of the molecule is CC[C@H](C)[C@H](NC(=O)OC)C(=O)O.CC[C@H]1C[C@@H](C2=NC=C(c3ccc4c(c3)COc3cc5c6c(ccc5cc3-4)N=C([C@@H]3C[C@H](COC)CN3C(=O)[C@@H](C)C(C)C)C6)C2)N(C(=O)[C@@H](C)[C@@H](C)CC)C1.CC[C@H]1C[C@@H](C2=NC=C(c3ccc4c(c3)COc3cc5c6c(ccc5cc3-4)N=C([C@H]3CC[C@@H](COC)C3)C6)C2)N(C(=O)OC(C)(C)C)C1. The van der Waals surface area contributed by atoms with Crippen LogP contribution in [0.15, 0.2) is 117 Å². The quantitative estimate of drug-likeness (QED) is 0.0685. The molecule has 0 bridgehead atoms. The molecule has 6 aromatic rings. The van der Waals surface area contributed by atoms with E-state index in [4.69, 9.17) is 48.8 Å². The minimum Gasteiger partial charge on any atom is -0.488 e. The number of aliphatic carboxylic acids is 1. The highest BCUT2D eigenvalue weighted by atomic mass is 16.6. The summed E-state index contributed by atoms with van der Waals surface area (Å²) in [4.78, 5) is 88.3. The molecule has 6 aromatic carbocycles. The summed E-state index contributed by atoms with van der Waals surface area (Å²) in [5.74, 6) is 4.33. The van der Waals surface area contributed by atoms with E-state index in [1.165, 1.54) is 104 Å². The lowest BCUT2D eigenvalue weighted by Crippen LogP contribution is -2.44. The second kappa shape index (κ2) is 35.6. The van der Waals surface area contributed by atoms with Crippen LogP contribution in [0.25, 0.3) is 54.9 Å². The van der Waals surface area contributed by atoms with Gasteiger partial charge in [0, 0.05) is 130 Å². The molecule has 0 radical (unpaired) electrons. The van der Waals surface area contributed by atoms with Crippen molar-refractivity contribution in [2.75, 3.05) is 54.2 Å². The lowest BCUT2D eigenvalue weighted by Gasteiger charge is -2.30. The zero-order valence-corrected chi connectivity index (χ0v) is 71.7. The van der Waals surface area contributed by atoms with Gasteiger partial charge in [0.15, 0.2) is 0 Å². The van der Waals surface area contributed by atoms with Crippen LogP contribution in [0.5, 0.6) is 11.5 Å². The number of allylic oxidation sites excluding steroid dienone is 2. The number of rotatable bonds is 21. The number of nitrogens with one attached hydrogen (secondary N) is 1. The van der Waals surface area contributed by atoms with Crippen molar-refractivity contribution in [3.8, 4) is 33.8 Å². The number of fused-ring (bicyclic) bond motifs is 12. The molecule has 16 rings (SSSR count). The zero-order chi connectivity index (χ0) is 83.0. The van der Waals surface area contributed by atoms with E-state index in [-0.39, 0.29) is 59.7 Å². The van der Waals surface area contributed by atoms with Crippen molar-refractivity contribution in [3.63, 3.8) is 0 Å². The summed E-state index contributed by atoms with van der Waals surface area (Å²) in [7, 11) is 4.75. The number of carboxylic acids is 1. The monoisotopic (exact) mass is 1590 g/mol. The summed E-state index contributed by atoms with van der Waals surface area (Å²) in [6, 6.07) is 30.5. The third kappa shape index (κ3) is 17.7. The standard InChI is InChI=1S/C48H60N4O4.C41H47N3O4.C8H15NO4/c1-9-28(5)30(7)48(54)51-23-31(10-2)15-44(51)42-19-35(22-49-42)33-11-13-37-36(17-33)26-56-46-21-38-34(18-40(37)46)12-14-41-39(38)20-43(50-41)45-16-32(25-55-8)24-52(45)47(53)29(6)27(3)4;1-6-24-14-38(44(21-24)40(45)48-41(2,3)4)37-17-29(20-42-37)26-9-11-31-30(15-26)23-47-39-19-32-27(16-34(31)39)10-12-35-33(32)18-36(43-35)28-8-7-25(13-28)22-46-5;1-4-5(2)6(7(10)11)9-8(12)13-3/h11-14,17-18,21-22,27-32,44-45H,9-10,15-16,19-20,23-26H2,1-8H3;9-12,15-16,19-20,24-25,28,38H,6-8,13-14,17-18,21-23H2,1-5H3;5-6H,4H2,1-3H3,(H,9,12)(H,10,11)/t28-,29-,30-,31-,32-,44-,45-;24-,25+,28-,38-;5-,6-/m000/s1. The topological polar surface area (TPSA) is 232 Å². The van der Waals surface area contributed by atoms with Crippen LogP contribution >= 0.6 is 0 Å². The molecule has 1 aliphatic carbocycles. The highest BCUT2D eigenvalue weighted by Gasteiger charge is 2.45. The maximum absolute atomic E-state index is 13.7. The van der Waals surface area contributed by atoms with Crippen molar-refractivity contribution in [3.05, 3.63) is 131 Å². The molecular formula is C97H122N8O12. The van der Waals surface area contributed by atoms with E-state index < -0.39 is 23.7 Å². The number of hydrogen-bond acceptors (Lipinski definition) is 15. The van der Waals surface area contributed by atoms with Crippen LogP contribution in [0.1, 0.15) is 200 Å². The molecule has 1 saturated carbocycles. The number of methoxy groups -OCH3 is 3. The molecule has 9 heterocycles. The second-order valence-electron chi connectivity index (χ2n) is 36.2. The van der Waals surface area contributed by atoms with Crippen molar-refractivity contribution in [2.45, 2.75) is 223 Å². The number of carbonyl (C=O) groups is 5. The van der Waals surface area contributed by atoms with Gasteiger partial charge >= 0.3 is 18.2 Å². The summed E-state index contributed by atoms with van der Waals surface area (Å²) >= 11 is 0. The second-order valence-corrected chi connectivity index (χ2v) is 36.2. The van der Waals surface area contributed by atoms with Crippen molar-refractivity contribution in [1.29, 1.82) is 0 Å². The van der Waals surface area contributed by atoms with Gasteiger partial charge in [-0.3, -0.25) is 34.5 Å². The minimum absolute atomic E-state index is 0.0103. The van der Waals surface area contributed by atoms with Crippen LogP contribution in [-0.2, 0) is 59.4 Å². The number of nitrogens with zero attached hydrogens (tertiary/aromatic N) is 7. The number of hydrogen-bond donors (Lipinski definition) is 2. The summed E-state index contributed by atoms with van der Waals surface area (Å²) in [5.41, 5.74) is 20.5. The maximum Gasteiger partial charge on any atom is 0.410 e. The molecule has 0 aromatic heterocycles. The van der Waals surface area contributed by atoms with Crippen LogP contribution in [0.2, 0.25) is 0 Å². The smallest absolute Gasteiger partial charge is 0.410 e. The van der Waals surface area contributed by atoms with E-state index in [0.717, 1.165) is 147 Å². The fourth-order valence-electron chi connectivity index (χ4n) is 19.3. The van der Waals surface area contributed by atoms with Crippen molar-refractivity contribution < 1.29 is 57.5 Å². The Morgan fingerprint density at radius 1 is 0.538 bits per heavy atom. The summed E-state index contributed by atoms with van der Waals surface area (Å²) in [6.45, 7) is 31.4. The summed E-state index contributed by atoms with van der Waals surface area (Å²) in [5, 5.41) is 15.8. The molecule has 10 aliphatic rings. The number of alkyl carbamates (subject to hydrolysis) is 1. The normalized spacial score (nSPS) is 23.3. The molecule has 20 heteroatoms. The third-order valence-electron chi connectivity index (χ3n) is 27.2. The number of carbonyl (C=O) groups excluding carboxylic acids is 4. The molecule has 4 amide bonds. The maximum atomic E-state index is 13.7. The van der Waals surface area contributed by atoms with Gasteiger partial charge in [-0.05, 0) is 226 Å². The fraction of sp³-hybridized carbons (Fsp3) is 0.536. The predicted octanol–water partition coefficient (Wildman–Crippen LogP) is 19.8. The van der Waals surface area contributed by atoms with Crippen molar-refractivity contribution >= 4 is 96.9 Å². The molecule has 117 heavy (non-hydrogen) atoms. The average molecular weight is 1590 g/mol. The molecule has 0 spiro atoms. The highest BCUT2D eigenvalue weighted by Crippen LogP contribution is 2.49. The molecule has 9 aliphatic heterocycles. The first kappa shape index (κ1) is 83.9. The largest absolute Gasteiger partial charge is 0.488 e. The van der Waals surface area contributed by atoms with Crippen LogP contribution in [0.4, 0.5) is 21.0 Å². The number of ether oxygens (including phenoxy) is 6.